The van der Waals surface area contributed by atoms with Gasteiger partial charge in [0, 0.05) is 10.1 Å². The van der Waals surface area contributed by atoms with E-state index in [4.69, 9.17) is 10.00 Å². The number of rotatable bonds is 5. The third kappa shape index (κ3) is 4.40. The maximum Gasteiger partial charge on any atom is 0.208 e. The van der Waals surface area contributed by atoms with Crippen molar-refractivity contribution in [3.63, 3.8) is 0 Å². The van der Waals surface area contributed by atoms with Crippen LogP contribution in [0.2, 0.25) is 0 Å². The third-order valence-corrected chi connectivity index (χ3v) is 3.52. The Bertz CT molecular complexity index is 584. The van der Waals surface area contributed by atoms with E-state index in [0.29, 0.717) is 3.57 Å². The summed E-state index contributed by atoms with van der Waals surface area (Å²) in [6.45, 7) is 0.0155. The highest BCUT2D eigenvalue weighted by atomic mass is 127. The fourth-order valence-electron chi connectivity index (χ4n) is 1.14. The Hall–Kier alpha value is -0.920. The van der Waals surface area contributed by atoms with Gasteiger partial charge in [0.05, 0.1) is 6.26 Å². The van der Waals surface area contributed by atoms with Crippen molar-refractivity contribution in [2.75, 3.05) is 19.4 Å². The van der Waals surface area contributed by atoms with Gasteiger partial charge in [0.15, 0.2) is 11.6 Å². The molecule has 98 valence electrons. The Morgan fingerprint density at radius 1 is 1.56 bits per heavy atom. The molecular formula is C10H10FIN2O3S. The number of ether oxygens (including phenoxy) is 1. The van der Waals surface area contributed by atoms with Crippen LogP contribution in [0.15, 0.2) is 12.1 Å². The lowest BCUT2D eigenvalue weighted by molar-refractivity contribution is 0.306. The molecule has 0 spiro atoms. The fraction of sp³-hybridized carbons (Fsp3) is 0.300. The molecule has 0 aromatic heterocycles. The number of nitrogens with one attached hydrogen (secondary N) is 1. The van der Waals surface area contributed by atoms with E-state index in [1.165, 1.54) is 6.07 Å². The number of hydrogen-bond acceptors (Lipinski definition) is 4. The third-order valence-electron chi connectivity index (χ3n) is 1.89. The summed E-state index contributed by atoms with van der Waals surface area (Å²) in [7, 11) is -3.29. The summed E-state index contributed by atoms with van der Waals surface area (Å²) in [4.78, 5) is 0. The lowest BCUT2D eigenvalue weighted by Crippen LogP contribution is -2.27. The molecule has 0 unspecified atom stereocenters. The zero-order chi connectivity index (χ0) is 13.8. The number of nitriles is 1. The van der Waals surface area contributed by atoms with Crippen molar-refractivity contribution in [1.29, 1.82) is 5.26 Å². The maximum atomic E-state index is 13.7. The smallest absolute Gasteiger partial charge is 0.208 e. The van der Waals surface area contributed by atoms with Crippen molar-refractivity contribution in [2.45, 2.75) is 0 Å². The first-order valence-corrected chi connectivity index (χ1v) is 7.77. The highest BCUT2D eigenvalue weighted by Gasteiger charge is 2.12. The van der Waals surface area contributed by atoms with Gasteiger partial charge in [-0.2, -0.15) is 5.26 Å². The molecule has 0 heterocycles. The average molecular weight is 384 g/mol. The molecule has 18 heavy (non-hydrogen) atoms. The molecular weight excluding hydrogens is 374 g/mol. The molecule has 0 aliphatic heterocycles. The minimum atomic E-state index is -3.29. The molecule has 1 aromatic carbocycles. The van der Waals surface area contributed by atoms with E-state index in [0.717, 1.165) is 6.26 Å². The minimum Gasteiger partial charge on any atom is -0.489 e. The number of benzene rings is 1. The van der Waals surface area contributed by atoms with E-state index in [1.807, 2.05) is 22.6 Å². The monoisotopic (exact) mass is 384 g/mol. The summed E-state index contributed by atoms with van der Waals surface area (Å²) >= 11 is 1.85. The predicted octanol–water partition coefficient (Wildman–Crippen LogP) is 1.23. The number of halogens is 2. The maximum absolute atomic E-state index is 13.7. The topological polar surface area (TPSA) is 79.2 Å². The summed E-state index contributed by atoms with van der Waals surface area (Å²) in [5.41, 5.74) is -0.0795. The van der Waals surface area contributed by atoms with Crippen molar-refractivity contribution >= 4 is 32.6 Å². The predicted molar refractivity (Wildman–Crippen MR) is 72.2 cm³/mol. The van der Waals surface area contributed by atoms with Crippen LogP contribution in [0.5, 0.6) is 5.75 Å². The molecule has 0 saturated carbocycles. The van der Waals surface area contributed by atoms with Crippen molar-refractivity contribution in [3.8, 4) is 11.8 Å². The highest BCUT2D eigenvalue weighted by Crippen LogP contribution is 2.24. The second-order valence-electron chi connectivity index (χ2n) is 3.36. The van der Waals surface area contributed by atoms with Crippen molar-refractivity contribution < 1.29 is 17.5 Å². The van der Waals surface area contributed by atoms with Gasteiger partial charge in [-0.15, -0.1) is 0 Å². The standard InChI is InChI=1S/C10H10FIN2O3S/c1-18(15,16)14-4-5-17-9-3-2-8(12)7(6-13)10(9)11/h2-3,14H,4-5H2,1H3. The van der Waals surface area contributed by atoms with E-state index in [1.54, 1.807) is 12.1 Å². The molecule has 0 amide bonds. The van der Waals surface area contributed by atoms with Crippen LogP contribution in [0, 0.1) is 20.7 Å². The quantitative estimate of drug-likeness (QED) is 0.612. The number of hydrogen-bond donors (Lipinski definition) is 1. The van der Waals surface area contributed by atoms with E-state index < -0.39 is 15.8 Å². The average Bonchev–Trinajstić information content (AvgIpc) is 2.26. The number of nitrogens with zero attached hydrogens (tertiary/aromatic N) is 1. The van der Waals surface area contributed by atoms with E-state index >= 15 is 0 Å². The minimum absolute atomic E-state index is 0.0184. The summed E-state index contributed by atoms with van der Waals surface area (Å²) < 4.78 is 43.0. The number of sulfonamides is 1. The lowest BCUT2D eigenvalue weighted by Gasteiger charge is -2.08. The SMILES string of the molecule is CS(=O)(=O)NCCOc1ccc(I)c(C#N)c1F. The van der Waals surface area contributed by atoms with Gasteiger partial charge in [-0.3, -0.25) is 0 Å². The van der Waals surface area contributed by atoms with Crippen LogP contribution in [0.25, 0.3) is 0 Å². The molecule has 1 rings (SSSR count). The molecule has 0 aliphatic rings. The van der Waals surface area contributed by atoms with Gasteiger partial charge in [0.1, 0.15) is 18.2 Å². The Kier molecular flexibility index (Phi) is 5.30. The van der Waals surface area contributed by atoms with Crippen molar-refractivity contribution in [2.24, 2.45) is 0 Å². The van der Waals surface area contributed by atoms with Crippen LogP contribution in [0.3, 0.4) is 0 Å². The van der Waals surface area contributed by atoms with E-state index in [-0.39, 0.29) is 24.5 Å². The Morgan fingerprint density at radius 3 is 2.78 bits per heavy atom. The molecule has 8 heteroatoms. The summed E-state index contributed by atoms with van der Waals surface area (Å²) in [5.74, 6) is -0.800. The van der Waals surface area contributed by atoms with Crippen LogP contribution in [0.1, 0.15) is 5.56 Å². The van der Waals surface area contributed by atoms with Gasteiger partial charge in [-0.05, 0) is 34.7 Å². The first kappa shape index (κ1) is 15.1. The molecule has 1 aromatic rings. The van der Waals surface area contributed by atoms with Gasteiger partial charge in [0.2, 0.25) is 10.0 Å². The van der Waals surface area contributed by atoms with E-state index in [2.05, 4.69) is 4.72 Å². The Balaban J connectivity index is 2.67. The summed E-state index contributed by atoms with van der Waals surface area (Å²) in [5, 5.41) is 8.76. The molecule has 0 fully saturated rings. The molecule has 5 nitrogen and oxygen atoms in total. The largest absolute Gasteiger partial charge is 0.489 e. The summed E-state index contributed by atoms with van der Waals surface area (Å²) in [6.07, 6.45) is 1.02. The van der Waals surface area contributed by atoms with Gasteiger partial charge in [-0.1, -0.05) is 0 Å². The zero-order valence-corrected chi connectivity index (χ0v) is 12.4. The van der Waals surface area contributed by atoms with Crippen molar-refractivity contribution in [1.82, 2.24) is 4.72 Å². The van der Waals surface area contributed by atoms with Crippen molar-refractivity contribution in [3.05, 3.63) is 27.1 Å². The molecule has 0 atom stereocenters. The molecule has 0 radical (unpaired) electrons. The first-order chi connectivity index (χ1) is 8.35. The van der Waals surface area contributed by atoms with Gasteiger partial charge in [-0.25, -0.2) is 17.5 Å². The van der Waals surface area contributed by atoms with Gasteiger partial charge < -0.3 is 4.74 Å². The second kappa shape index (κ2) is 6.31. The molecule has 1 N–H and O–H groups in total. The lowest BCUT2D eigenvalue weighted by atomic mass is 10.2. The van der Waals surface area contributed by atoms with Crippen LogP contribution in [0.4, 0.5) is 4.39 Å². The first-order valence-electron chi connectivity index (χ1n) is 4.80. The second-order valence-corrected chi connectivity index (χ2v) is 6.36. The van der Waals surface area contributed by atoms with Gasteiger partial charge in [0.25, 0.3) is 0 Å². The molecule has 0 aliphatic carbocycles. The van der Waals surface area contributed by atoms with Gasteiger partial charge >= 0.3 is 0 Å². The summed E-state index contributed by atoms with van der Waals surface area (Å²) in [6, 6.07) is 4.70. The normalized spacial score (nSPS) is 11.0. The highest BCUT2D eigenvalue weighted by molar-refractivity contribution is 14.1. The van der Waals surface area contributed by atoms with Crippen LogP contribution < -0.4 is 9.46 Å². The van der Waals surface area contributed by atoms with Crippen LogP contribution >= 0.6 is 22.6 Å². The molecule has 0 bridgehead atoms. The zero-order valence-electron chi connectivity index (χ0n) is 9.41. The van der Waals surface area contributed by atoms with E-state index in [9.17, 15) is 12.8 Å². The van der Waals surface area contributed by atoms with Crippen LogP contribution in [-0.2, 0) is 10.0 Å². The fourth-order valence-corrected chi connectivity index (χ4v) is 2.13. The Morgan fingerprint density at radius 2 is 2.22 bits per heavy atom. The Labute approximate surface area is 118 Å². The van der Waals surface area contributed by atoms with Crippen LogP contribution in [-0.4, -0.2) is 27.8 Å². The molecule has 0 saturated heterocycles.